The number of imide groups is 1. The van der Waals surface area contributed by atoms with Crippen LogP contribution in [0.15, 0.2) is 43.0 Å². The Morgan fingerprint density at radius 2 is 1.96 bits per heavy atom. The number of amides is 3. The average molecular weight is 398 g/mol. The molecule has 1 aromatic carbocycles. The second-order valence-electron chi connectivity index (χ2n) is 7.18. The van der Waals surface area contributed by atoms with Crippen LogP contribution in [-0.4, -0.2) is 49.3 Å². The molecule has 2 aromatic rings. The lowest BCUT2D eigenvalue weighted by molar-refractivity contribution is -0.127. The summed E-state index contributed by atoms with van der Waals surface area (Å²) in [4.78, 5) is 42.4. The van der Waals surface area contributed by atoms with Crippen LogP contribution in [0.1, 0.15) is 41.6 Å². The van der Waals surface area contributed by atoms with Gasteiger partial charge in [0, 0.05) is 24.5 Å². The Hall–Kier alpha value is -2.61. The minimum absolute atomic E-state index is 0.148. The fraction of sp³-hybridized carbons (Fsp3) is 0.400. The molecule has 1 saturated heterocycles. The number of imidazole rings is 1. The van der Waals surface area contributed by atoms with Crippen molar-refractivity contribution in [1.29, 1.82) is 0 Å². The maximum atomic E-state index is 12.7. The standard InChI is InChI=1S/C20H22N4O3S/c25-18-12-28-20(27)24(18)17-4-2-1-3-16(17)22-19(26)15-7-5-14(6-8-15)11-23-10-9-21-13-23/h5-10,13,16-17H,1-4,11-12H2,(H,22,26)/t16-,17+/m0/s1. The molecule has 1 aliphatic carbocycles. The second kappa shape index (κ2) is 8.18. The molecule has 2 atom stereocenters. The lowest BCUT2D eigenvalue weighted by Gasteiger charge is -2.36. The predicted molar refractivity (Wildman–Crippen MR) is 106 cm³/mol. The predicted octanol–water partition coefficient (Wildman–Crippen LogP) is 2.67. The summed E-state index contributed by atoms with van der Waals surface area (Å²) in [5.74, 6) is -0.114. The van der Waals surface area contributed by atoms with E-state index in [2.05, 4.69) is 10.3 Å². The summed E-state index contributed by atoms with van der Waals surface area (Å²) in [5, 5.41) is 2.86. The highest BCUT2D eigenvalue weighted by atomic mass is 32.2. The van der Waals surface area contributed by atoms with Crippen molar-refractivity contribution >= 4 is 28.8 Å². The minimum Gasteiger partial charge on any atom is -0.347 e. The molecule has 1 saturated carbocycles. The van der Waals surface area contributed by atoms with Gasteiger partial charge in [-0.15, -0.1) is 0 Å². The molecule has 1 aromatic heterocycles. The number of nitrogens with zero attached hydrogens (tertiary/aromatic N) is 3. The second-order valence-corrected chi connectivity index (χ2v) is 8.11. The van der Waals surface area contributed by atoms with Gasteiger partial charge >= 0.3 is 0 Å². The van der Waals surface area contributed by atoms with Gasteiger partial charge in [0.2, 0.25) is 5.91 Å². The zero-order chi connectivity index (χ0) is 19.5. The van der Waals surface area contributed by atoms with Gasteiger partial charge in [0.15, 0.2) is 0 Å². The Balaban J connectivity index is 1.42. The molecule has 7 nitrogen and oxygen atoms in total. The van der Waals surface area contributed by atoms with Crippen molar-refractivity contribution in [3.63, 3.8) is 0 Å². The number of hydrogen-bond donors (Lipinski definition) is 1. The van der Waals surface area contributed by atoms with Gasteiger partial charge in [-0.05, 0) is 30.5 Å². The van der Waals surface area contributed by atoms with Gasteiger partial charge in [-0.3, -0.25) is 19.3 Å². The van der Waals surface area contributed by atoms with E-state index in [-0.39, 0.29) is 34.9 Å². The summed E-state index contributed by atoms with van der Waals surface area (Å²) in [6.45, 7) is 0.698. The number of hydrogen-bond acceptors (Lipinski definition) is 5. The number of carbonyl (C=O) groups excluding carboxylic acids is 3. The van der Waals surface area contributed by atoms with Crippen molar-refractivity contribution in [2.75, 3.05) is 5.75 Å². The summed E-state index contributed by atoms with van der Waals surface area (Å²) in [7, 11) is 0. The molecule has 8 heteroatoms. The van der Waals surface area contributed by atoms with Gasteiger partial charge in [0.25, 0.3) is 11.1 Å². The number of rotatable bonds is 5. The number of benzene rings is 1. The van der Waals surface area contributed by atoms with E-state index < -0.39 is 0 Å². The molecular formula is C20H22N4O3S. The van der Waals surface area contributed by atoms with E-state index in [0.29, 0.717) is 12.1 Å². The van der Waals surface area contributed by atoms with Crippen LogP contribution in [0, 0.1) is 0 Å². The summed E-state index contributed by atoms with van der Waals surface area (Å²) in [5.41, 5.74) is 1.66. The maximum absolute atomic E-state index is 12.7. The topological polar surface area (TPSA) is 84.3 Å². The van der Waals surface area contributed by atoms with Crippen LogP contribution < -0.4 is 5.32 Å². The van der Waals surface area contributed by atoms with Crippen molar-refractivity contribution in [1.82, 2.24) is 19.8 Å². The van der Waals surface area contributed by atoms with Crippen molar-refractivity contribution < 1.29 is 14.4 Å². The van der Waals surface area contributed by atoms with E-state index in [1.807, 2.05) is 22.9 Å². The Kier molecular flexibility index (Phi) is 5.47. The number of nitrogens with one attached hydrogen (secondary N) is 1. The monoisotopic (exact) mass is 398 g/mol. The Morgan fingerprint density at radius 3 is 2.64 bits per heavy atom. The number of thioether (sulfide) groups is 1. The summed E-state index contributed by atoms with van der Waals surface area (Å²) in [6, 6.07) is 7.03. The first-order chi connectivity index (χ1) is 13.6. The van der Waals surface area contributed by atoms with E-state index >= 15 is 0 Å². The summed E-state index contributed by atoms with van der Waals surface area (Å²) >= 11 is 1.05. The molecular weight excluding hydrogens is 376 g/mol. The molecule has 28 heavy (non-hydrogen) atoms. The largest absolute Gasteiger partial charge is 0.347 e. The highest BCUT2D eigenvalue weighted by Gasteiger charge is 2.41. The van der Waals surface area contributed by atoms with Gasteiger partial charge < -0.3 is 9.88 Å². The fourth-order valence-corrected chi connectivity index (χ4v) is 4.64. The molecule has 3 amide bonds. The van der Waals surface area contributed by atoms with Crippen LogP contribution in [-0.2, 0) is 11.3 Å². The minimum atomic E-state index is -0.242. The van der Waals surface area contributed by atoms with Crippen LogP contribution in [0.3, 0.4) is 0 Å². The van der Waals surface area contributed by atoms with E-state index in [9.17, 15) is 14.4 Å². The zero-order valence-corrected chi connectivity index (χ0v) is 16.2. The third-order valence-electron chi connectivity index (χ3n) is 5.30. The van der Waals surface area contributed by atoms with E-state index in [1.54, 1.807) is 24.7 Å². The third-order valence-corrected chi connectivity index (χ3v) is 6.14. The number of carbonyl (C=O) groups is 3. The summed E-state index contributed by atoms with van der Waals surface area (Å²) < 4.78 is 1.96. The van der Waals surface area contributed by atoms with Crippen LogP contribution in [0.2, 0.25) is 0 Å². The van der Waals surface area contributed by atoms with E-state index in [0.717, 1.165) is 43.0 Å². The van der Waals surface area contributed by atoms with Gasteiger partial charge in [-0.1, -0.05) is 36.7 Å². The molecule has 2 fully saturated rings. The van der Waals surface area contributed by atoms with Crippen LogP contribution in [0.25, 0.3) is 0 Å². The Bertz CT molecular complexity index is 850. The molecule has 4 rings (SSSR count). The molecule has 0 spiro atoms. The van der Waals surface area contributed by atoms with Crippen molar-refractivity contribution in [3.05, 3.63) is 54.1 Å². The molecule has 0 bridgehead atoms. The average Bonchev–Trinajstić information content (AvgIpc) is 3.33. The molecule has 2 aliphatic rings. The molecule has 146 valence electrons. The van der Waals surface area contributed by atoms with Gasteiger partial charge in [0.1, 0.15) is 0 Å². The van der Waals surface area contributed by atoms with Crippen molar-refractivity contribution in [2.24, 2.45) is 0 Å². The highest BCUT2D eigenvalue weighted by Crippen LogP contribution is 2.30. The molecule has 0 radical (unpaired) electrons. The van der Waals surface area contributed by atoms with Gasteiger partial charge in [-0.25, -0.2) is 4.98 Å². The summed E-state index contributed by atoms with van der Waals surface area (Å²) in [6.07, 6.45) is 8.84. The van der Waals surface area contributed by atoms with Crippen molar-refractivity contribution in [2.45, 2.75) is 44.3 Å². The van der Waals surface area contributed by atoms with Crippen LogP contribution in [0.4, 0.5) is 4.79 Å². The van der Waals surface area contributed by atoms with E-state index in [1.165, 1.54) is 4.90 Å². The molecule has 0 unspecified atom stereocenters. The first kappa shape index (κ1) is 18.7. The lowest BCUT2D eigenvalue weighted by Crippen LogP contribution is -2.54. The first-order valence-corrected chi connectivity index (χ1v) is 10.4. The molecule has 1 aliphatic heterocycles. The highest BCUT2D eigenvalue weighted by molar-refractivity contribution is 8.14. The molecule has 2 heterocycles. The van der Waals surface area contributed by atoms with E-state index in [4.69, 9.17) is 0 Å². The first-order valence-electron chi connectivity index (χ1n) is 9.46. The SMILES string of the molecule is O=C(N[C@H]1CCCC[C@H]1N1C(=O)CSC1=O)c1ccc(Cn2ccnc2)cc1. The Labute approximate surface area is 167 Å². The fourth-order valence-electron chi connectivity index (χ4n) is 3.88. The maximum Gasteiger partial charge on any atom is 0.289 e. The van der Waals surface area contributed by atoms with Crippen LogP contribution in [0.5, 0.6) is 0 Å². The van der Waals surface area contributed by atoms with Crippen LogP contribution >= 0.6 is 11.8 Å². The number of aromatic nitrogens is 2. The smallest absolute Gasteiger partial charge is 0.289 e. The third kappa shape index (κ3) is 3.96. The van der Waals surface area contributed by atoms with Crippen molar-refractivity contribution in [3.8, 4) is 0 Å². The molecule has 1 N–H and O–H groups in total. The van der Waals surface area contributed by atoms with Gasteiger partial charge in [-0.2, -0.15) is 0 Å². The Morgan fingerprint density at radius 1 is 1.18 bits per heavy atom. The zero-order valence-electron chi connectivity index (χ0n) is 15.4. The quantitative estimate of drug-likeness (QED) is 0.837. The van der Waals surface area contributed by atoms with Gasteiger partial charge in [0.05, 0.1) is 24.2 Å². The normalized spacial score (nSPS) is 22.5. The lowest BCUT2D eigenvalue weighted by atomic mass is 9.89.